The molecule has 0 aliphatic carbocycles. The second-order valence-electron chi connectivity index (χ2n) is 7.23. The van der Waals surface area contributed by atoms with Gasteiger partial charge in [-0.25, -0.2) is 23.7 Å². The van der Waals surface area contributed by atoms with Gasteiger partial charge in [-0.05, 0) is 32.1 Å². The van der Waals surface area contributed by atoms with E-state index in [0.29, 0.717) is 29.6 Å². The number of thioether (sulfide) groups is 1. The number of aryl methyl sites for hydroxylation is 1. The number of anilines is 1. The molecule has 0 spiro atoms. The lowest BCUT2D eigenvalue weighted by Crippen LogP contribution is -2.22. The third-order valence-electron chi connectivity index (χ3n) is 4.60. The molecule has 0 saturated heterocycles. The number of phosphoric acid groups is 1. The molecule has 0 aliphatic rings. The molecule has 0 atom stereocenters. The molecule has 0 unspecified atom stereocenters. The van der Waals surface area contributed by atoms with Crippen molar-refractivity contribution >= 4 is 55.5 Å². The Morgan fingerprint density at radius 1 is 1.39 bits per heavy atom. The highest BCUT2D eigenvalue weighted by Crippen LogP contribution is 2.39. The van der Waals surface area contributed by atoms with E-state index in [0.717, 1.165) is 12.1 Å². The SMILES string of the molecule is C/C(=C(\CCOP(=O)(O)O)S/C(=C/c1ccc(Cl)cc1F)C(=O)O)N(C=O)Cc1cnc(C)nc1N. The molecule has 0 saturated carbocycles. The Labute approximate surface area is 215 Å². The summed E-state index contributed by atoms with van der Waals surface area (Å²) >= 11 is 6.42. The van der Waals surface area contributed by atoms with E-state index < -0.39 is 26.2 Å². The minimum absolute atomic E-state index is 0.0513. The van der Waals surface area contributed by atoms with Crippen LogP contribution in [0.5, 0.6) is 0 Å². The van der Waals surface area contributed by atoms with Gasteiger partial charge < -0.3 is 25.5 Å². The van der Waals surface area contributed by atoms with Crippen LogP contribution >= 0.6 is 31.2 Å². The minimum atomic E-state index is -4.81. The van der Waals surface area contributed by atoms with Gasteiger partial charge in [0.25, 0.3) is 0 Å². The van der Waals surface area contributed by atoms with Crippen molar-refractivity contribution < 1.29 is 38.0 Å². The van der Waals surface area contributed by atoms with Crippen molar-refractivity contribution in [1.29, 1.82) is 0 Å². The fraction of sp³-hybridized carbons (Fsp3) is 0.238. The van der Waals surface area contributed by atoms with Crippen molar-refractivity contribution in [3.63, 3.8) is 0 Å². The maximum absolute atomic E-state index is 14.3. The molecule has 0 radical (unpaired) electrons. The topological polar surface area (TPSA) is 176 Å². The first kappa shape index (κ1) is 29.4. The highest BCUT2D eigenvalue weighted by molar-refractivity contribution is 8.07. The molecule has 0 fully saturated rings. The molecule has 5 N–H and O–H groups in total. The number of nitrogens with zero attached hydrogens (tertiary/aromatic N) is 3. The Bertz CT molecular complexity index is 1250. The lowest BCUT2D eigenvalue weighted by atomic mass is 10.2. The summed E-state index contributed by atoms with van der Waals surface area (Å²) in [6.07, 6.45) is 2.81. The van der Waals surface area contributed by atoms with Gasteiger partial charge in [0.1, 0.15) is 17.5 Å². The zero-order chi connectivity index (χ0) is 27.0. The Morgan fingerprint density at radius 2 is 2.08 bits per heavy atom. The average molecular weight is 561 g/mol. The summed E-state index contributed by atoms with van der Waals surface area (Å²) in [5, 5.41) is 9.85. The van der Waals surface area contributed by atoms with Crippen molar-refractivity contribution in [2.45, 2.75) is 26.8 Å². The van der Waals surface area contributed by atoms with Gasteiger partial charge in [-0.3, -0.25) is 9.32 Å². The maximum Gasteiger partial charge on any atom is 0.469 e. The number of carbonyl (C=O) groups excluding carboxylic acids is 1. The second kappa shape index (κ2) is 12.9. The van der Waals surface area contributed by atoms with E-state index >= 15 is 0 Å². The molecule has 1 amide bonds. The molecule has 36 heavy (non-hydrogen) atoms. The number of halogens is 2. The van der Waals surface area contributed by atoms with Crippen LogP contribution in [0.25, 0.3) is 6.08 Å². The van der Waals surface area contributed by atoms with Crippen LogP contribution in [0.2, 0.25) is 5.02 Å². The van der Waals surface area contributed by atoms with Gasteiger partial charge >= 0.3 is 13.8 Å². The van der Waals surface area contributed by atoms with E-state index in [9.17, 15) is 23.7 Å². The Kier molecular flexibility index (Phi) is 10.6. The number of nitrogen functional groups attached to an aromatic ring is 1. The number of rotatable bonds is 12. The number of aromatic nitrogens is 2. The van der Waals surface area contributed by atoms with Gasteiger partial charge in [0.05, 0.1) is 18.1 Å². The van der Waals surface area contributed by atoms with E-state index in [1.165, 1.54) is 30.2 Å². The number of allylic oxidation sites excluding steroid dienone is 1. The van der Waals surface area contributed by atoms with E-state index in [2.05, 4.69) is 14.5 Å². The fourth-order valence-electron chi connectivity index (χ4n) is 2.80. The number of amides is 1. The van der Waals surface area contributed by atoms with E-state index in [1.807, 2.05) is 0 Å². The predicted octanol–water partition coefficient (Wildman–Crippen LogP) is 3.71. The molecule has 1 aromatic carbocycles. The maximum atomic E-state index is 14.3. The van der Waals surface area contributed by atoms with Crippen molar-refractivity contribution in [2.75, 3.05) is 12.3 Å². The molecule has 15 heteroatoms. The molecule has 11 nitrogen and oxygen atoms in total. The van der Waals surface area contributed by atoms with Crippen LogP contribution in [0.1, 0.15) is 30.3 Å². The number of hydrogen-bond donors (Lipinski definition) is 4. The standard InChI is InChI=1S/C21H23ClFN4O7PS/c1-12(27(11-28)10-15-9-25-13(2)26-20(15)24)18(5-6-34-35(31,32)33)36-19(21(29)30)7-14-3-4-16(22)8-17(14)23/h3-4,7-9,11H,5-6,10H2,1-2H3,(H,29,30)(H2,24,25,26)(H2,31,32,33)/b18-12-,19-7+. The summed E-state index contributed by atoms with van der Waals surface area (Å²) in [5.74, 6) is -1.58. The van der Waals surface area contributed by atoms with Crippen molar-refractivity contribution in [3.8, 4) is 0 Å². The van der Waals surface area contributed by atoms with Gasteiger partial charge in [0, 0.05) is 39.4 Å². The third kappa shape index (κ3) is 9.01. The Hall–Kier alpha value is -2.80. The van der Waals surface area contributed by atoms with Crippen LogP contribution in [0.4, 0.5) is 10.2 Å². The van der Waals surface area contributed by atoms with Crippen molar-refractivity contribution in [1.82, 2.24) is 14.9 Å². The third-order valence-corrected chi connectivity index (χ3v) is 6.61. The summed E-state index contributed by atoms with van der Waals surface area (Å²) in [4.78, 5) is 51.0. The zero-order valence-corrected chi connectivity index (χ0v) is 21.6. The Morgan fingerprint density at radius 3 is 2.64 bits per heavy atom. The molecular formula is C21H23ClFN4O7PS. The van der Waals surface area contributed by atoms with Gasteiger partial charge in [0.2, 0.25) is 6.41 Å². The number of carboxylic acid groups (broad SMARTS) is 1. The summed E-state index contributed by atoms with van der Waals surface area (Å²) in [6.45, 7) is 2.58. The summed E-state index contributed by atoms with van der Waals surface area (Å²) < 4.78 is 29.9. The van der Waals surface area contributed by atoms with Crippen molar-refractivity contribution in [2.24, 2.45) is 0 Å². The minimum Gasteiger partial charge on any atom is -0.477 e. The Balaban J connectivity index is 2.47. The molecule has 0 bridgehead atoms. The normalized spacial score (nSPS) is 12.8. The first-order chi connectivity index (χ1) is 16.8. The van der Waals surface area contributed by atoms with Crippen LogP contribution in [0, 0.1) is 12.7 Å². The summed E-state index contributed by atoms with van der Waals surface area (Å²) in [7, 11) is -4.81. The van der Waals surface area contributed by atoms with E-state index in [4.69, 9.17) is 27.1 Å². The average Bonchev–Trinajstić information content (AvgIpc) is 2.77. The van der Waals surface area contributed by atoms with Gasteiger partial charge in [0.15, 0.2) is 0 Å². The van der Waals surface area contributed by atoms with Gasteiger partial charge in [-0.1, -0.05) is 29.4 Å². The van der Waals surface area contributed by atoms with Gasteiger partial charge in [-0.15, -0.1) is 0 Å². The molecule has 1 aromatic heterocycles. The van der Waals surface area contributed by atoms with Crippen molar-refractivity contribution in [3.05, 3.63) is 67.7 Å². The molecule has 2 rings (SSSR count). The number of phosphoric ester groups is 1. The number of nitrogens with two attached hydrogens (primary N) is 1. The smallest absolute Gasteiger partial charge is 0.469 e. The van der Waals surface area contributed by atoms with Gasteiger partial charge in [-0.2, -0.15) is 0 Å². The second-order valence-corrected chi connectivity index (χ2v) is 10.0. The molecule has 194 valence electrons. The van der Waals surface area contributed by atoms with E-state index in [-0.39, 0.29) is 44.9 Å². The number of benzene rings is 1. The predicted molar refractivity (Wildman–Crippen MR) is 133 cm³/mol. The number of aliphatic carboxylic acids is 1. The number of carbonyl (C=O) groups is 2. The summed E-state index contributed by atoms with van der Waals surface area (Å²) in [6, 6.07) is 3.71. The molecular weight excluding hydrogens is 538 g/mol. The first-order valence-electron chi connectivity index (χ1n) is 10.1. The quantitative estimate of drug-likeness (QED) is 0.169. The molecule has 1 heterocycles. The monoisotopic (exact) mass is 560 g/mol. The number of carboxylic acids is 1. The highest BCUT2D eigenvalue weighted by Gasteiger charge is 2.21. The highest BCUT2D eigenvalue weighted by atomic mass is 35.5. The van der Waals surface area contributed by atoms with Crippen LogP contribution in [-0.2, 0) is 25.2 Å². The zero-order valence-electron chi connectivity index (χ0n) is 19.1. The van der Waals surface area contributed by atoms with E-state index in [1.54, 1.807) is 6.92 Å². The lowest BCUT2D eigenvalue weighted by molar-refractivity contribution is -0.131. The fourth-order valence-corrected chi connectivity index (χ4v) is 4.28. The van der Waals surface area contributed by atoms with Crippen LogP contribution in [-0.4, -0.2) is 48.7 Å². The number of hydrogen-bond acceptors (Lipinski definition) is 8. The molecule has 2 aromatic rings. The van der Waals surface area contributed by atoms with Crippen LogP contribution in [0.15, 0.2) is 39.9 Å². The summed E-state index contributed by atoms with van der Waals surface area (Å²) in [5.41, 5.74) is 6.52. The largest absolute Gasteiger partial charge is 0.477 e. The van der Waals surface area contributed by atoms with Crippen LogP contribution in [0.3, 0.4) is 0 Å². The first-order valence-corrected chi connectivity index (χ1v) is 12.8. The lowest BCUT2D eigenvalue weighted by Gasteiger charge is -2.22. The molecule has 0 aliphatic heterocycles. The van der Waals surface area contributed by atoms with Crippen LogP contribution < -0.4 is 5.73 Å².